The molecule has 216 valence electrons. The van der Waals surface area contributed by atoms with Crippen molar-refractivity contribution in [3.05, 3.63) is 24.0 Å². The number of carboxylic acid groups (broad SMARTS) is 1. The van der Waals surface area contributed by atoms with Crippen LogP contribution < -0.4 is 14.5 Å². The van der Waals surface area contributed by atoms with Gasteiger partial charge in [-0.1, -0.05) is 6.07 Å². The van der Waals surface area contributed by atoms with E-state index in [1.807, 2.05) is 9.80 Å². The molecular weight excluding hydrogens is 530 g/mol. The van der Waals surface area contributed by atoms with Crippen LogP contribution in [0.4, 0.5) is 25.5 Å². The second kappa shape index (κ2) is 12.1. The van der Waals surface area contributed by atoms with Gasteiger partial charge >= 0.3 is 6.09 Å². The lowest BCUT2D eigenvalue weighted by Crippen LogP contribution is -2.50. The second-order valence-corrected chi connectivity index (χ2v) is 9.56. The summed E-state index contributed by atoms with van der Waals surface area (Å²) in [6, 6.07) is 4.68. The van der Waals surface area contributed by atoms with Crippen molar-refractivity contribution >= 4 is 29.0 Å². The van der Waals surface area contributed by atoms with Crippen LogP contribution in [0.2, 0.25) is 0 Å². The Labute approximate surface area is 229 Å². The van der Waals surface area contributed by atoms with Crippen LogP contribution in [-0.2, 0) is 4.74 Å². The highest BCUT2D eigenvalue weighted by Gasteiger charge is 2.32. The molecule has 2 N–H and O–H groups in total. The third-order valence-corrected chi connectivity index (χ3v) is 7.10. The SMILES string of the molecule is COc1cccc2c1nc(C(F)F)n2-c1nc(N2CCOCC2)nc(N(CCCO)C2CCCN(C(=O)O)C2)n1. The molecule has 0 saturated carbocycles. The van der Waals surface area contributed by atoms with Crippen LogP contribution in [-0.4, -0.2) is 111 Å². The molecule has 1 aromatic carbocycles. The quantitative estimate of drug-likeness (QED) is 0.397. The summed E-state index contributed by atoms with van der Waals surface area (Å²) in [5, 5.41) is 19.2. The maximum atomic E-state index is 14.4. The minimum atomic E-state index is -2.93. The van der Waals surface area contributed by atoms with E-state index in [1.54, 1.807) is 18.2 Å². The Kier molecular flexibility index (Phi) is 8.40. The zero-order valence-corrected chi connectivity index (χ0v) is 22.1. The smallest absolute Gasteiger partial charge is 0.407 e. The number of nitrogens with zero attached hydrogens (tertiary/aromatic N) is 8. The number of hydrogen-bond acceptors (Lipinski definition) is 10. The number of rotatable bonds is 9. The molecule has 1 amide bonds. The van der Waals surface area contributed by atoms with E-state index in [0.717, 1.165) is 0 Å². The fourth-order valence-corrected chi connectivity index (χ4v) is 5.16. The van der Waals surface area contributed by atoms with E-state index in [-0.39, 0.29) is 42.6 Å². The lowest BCUT2D eigenvalue weighted by Gasteiger charge is -2.38. The summed E-state index contributed by atoms with van der Waals surface area (Å²) in [6.45, 7) is 2.78. The van der Waals surface area contributed by atoms with Crippen LogP contribution in [0, 0.1) is 0 Å². The van der Waals surface area contributed by atoms with Crippen molar-refractivity contribution < 1.29 is 33.3 Å². The number of morpholine rings is 1. The van der Waals surface area contributed by atoms with Crippen LogP contribution in [0.1, 0.15) is 31.5 Å². The largest absolute Gasteiger partial charge is 0.494 e. The molecule has 2 aromatic heterocycles. The molecule has 2 aliphatic heterocycles. The van der Waals surface area contributed by atoms with Gasteiger partial charge in [-0.2, -0.15) is 15.0 Å². The number of piperidine rings is 1. The number of fused-ring (bicyclic) bond motifs is 1. The third kappa shape index (κ3) is 5.56. The number of ether oxygens (including phenoxy) is 2. The van der Waals surface area contributed by atoms with Crippen LogP contribution in [0.5, 0.6) is 5.75 Å². The Balaban J connectivity index is 1.67. The molecule has 4 heterocycles. The third-order valence-electron chi connectivity index (χ3n) is 7.10. The van der Waals surface area contributed by atoms with Gasteiger partial charge in [-0.05, 0) is 31.4 Å². The highest BCUT2D eigenvalue weighted by atomic mass is 19.3. The average Bonchev–Trinajstić information content (AvgIpc) is 3.38. The number of methoxy groups -OCH3 is 1. The molecule has 1 atom stereocenters. The van der Waals surface area contributed by atoms with E-state index in [2.05, 4.69) is 15.0 Å². The highest BCUT2D eigenvalue weighted by molar-refractivity contribution is 5.84. The average molecular weight is 563 g/mol. The first-order valence-electron chi connectivity index (χ1n) is 13.2. The summed E-state index contributed by atoms with van der Waals surface area (Å²) in [6.07, 6.45) is -2.25. The van der Waals surface area contributed by atoms with Crippen molar-refractivity contribution in [2.24, 2.45) is 0 Å². The van der Waals surface area contributed by atoms with Crippen LogP contribution in [0.25, 0.3) is 17.0 Å². The van der Waals surface area contributed by atoms with Gasteiger partial charge in [0.1, 0.15) is 11.3 Å². The number of hydrogen-bond donors (Lipinski definition) is 2. The van der Waals surface area contributed by atoms with Crippen molar-refractivity contribution in [2.45, 2.75) is 31.7 Å². The number of alkyl halides is 2. The molecular formula is C25H32F2N8O5. The summed E-state index contributed by atoms with van der Waals surface area (Å²) < 4.78 is 40.8. The Morgan fingerprint density at radius 2 is 1.95 bits per heavy atom. The van der Waals surface area contributed by atoms with Crippen molar-refractivity contribution in [1.29, 1.82) is 0 Å². The zero-order chi connectivity index (χ0) is 28.2. The van der Waals surface area contributed by atoms with Gasteiger partial charge in [-0.15, -0.1) is 0 Å². The van der Waals surface area contributed by atoms with Gasteiger partial charge in [-0.25, -0.2) is 18.6 Å². The molecule has 0 spiro atoms. The van der Waals surface area contributed by atoms with Gasteiger partial charge in [0.05, 0.1) is 25.8 Å². The van der Waals surface area contributed by atoms with Gasteiger partial charge in [0.2, 0.25) is 17.8 Å². The number of aliphatic hydroxyl groups excluding tert-OH is 1. The van der Waals surface area contributed by atoms with E-state index in [4.69, 9.17) is 14.5 Å². The Morgan fingerprint density at radius 1 is 1.18 bits per heavy atom. The number of anilines is 2. The van der Waals surface area contributed by atoms with Crippen LogP contribution in [0.3, 0.4) is 0 Å². The van der Waals surface area contributed by atoms with Crippen LogP contribution >= 0.6 is 0 Å². The number of likely N-dealkylation sites (tertiary alicyclic amines) is 1. The minimum Gasteiger partial charge on any atom is -0.494 e. The first kappa shape index (κ1) is 27.7. The lowest BCUT2D eigenvalue weighted by molar-refractivity contribution is 0.122. The summed E-state index contributed by atoms with van der Waals surface area (Å²) in [7, 11) is 1.44. The number of benzene rings is 1. The molecule has 2 fully saturated rings. The number of carbonyl (C=O) groups is 1. The topological polar surface area (TPSA) is 142 Å². The Hall–Kier alpha value is -3.85. The number of halogens is 2. The first-order valence-corrected chi connectivity index (χ1v) is 13.2. The minimum absolute atomic E-state index is 0.0440. The van der Waals surface area contributed by atoms with E-state index >= 15 is 0 Å². The normalized spacial score (nSPS) is 18.0. The summed E-state index contributed by atoms with van der Waals surface area (Å²) in [5.74, 6) is 0.246. The molecule has 3 aromatic rings. The predicted molar refractivity (Wildman–Crippen MR) is 141 cm³/mol. The monoisotopic (exact) mass is 562 g/mol. The van der Waals surface area contributed by atoms with Crippen molar-refractivity contribution in [1.82, 2.24) is 29.4 Å². The molecule has 0 bridgehead atoms. The molecule has 5 rings (SSSR count). The van der Waals surface area contributed by atoms with Gasteiger partial charge < -0.3 is 34.4 Å². The molecule has 0 aliphatic carbocycles. The van der Waals surface area contributed by atoms with Crippen LogP contribution in [0.15, 0.2) is 18.2 Å². The summed E-state index contributed by atoms with van der Waals surface area (Å²) in [5.41, 5.74) is 0.591. The molecule has 2 aliphatic rings. The van der Waals surface area contributed by atoms with Gasteiger partial charge in [0.25, 0.3) is 6.43 Å². The molecule has 40 heavy (non-hydrogen) atoms. The highest BCUT2D eigenvalue weighted by Crippen LogP contribution is 2.33. The van der Waals surface area contributed by atoms with Gasteiger partial charge in [0, 0.05) is 45.4 Å². The number of amides is 1. The number of aromatic nitrogens is 5. The van der Waals surface area contributed by atoms with Gasteiger partial charge in [-0.3, -0.25) is 4.57 Å². The first-order chi connectivity index (χ1) is 19.4. The molecule has 1 unspecified atom stereocenters. The molecule has 15 heteroatoms. The number of para-hydroxylation sites is 1. The van der Waals surface area contributed by atoms with Crippen molar-refractivity contribution in [3.8, 4) is 11.7 Å². The number of imidazole rings is 1. The maximum absolute atomic E-state index is 14.4. The number of aliphatic hydroxyl groups is 1. The summed E-state index contributed by atoms with van der Waals surface area (Å²) >= 11 is 0. The fourth-order valence-electron chi connectivity index (χ4n) is 5.16. The van der Waals surface area contributed by atoms with Crippen molar-refractivity contribution in [3.63, 3.8) is 0 Å². The molecule has 13 nitrogen and oxygen atoms in total. The Morgan fingerprint density at radius 3 is 2.65 bits per heavy atom. The fraction of sp³-hybridized carbons (Fsp3) is 0.560. The second-order valence-electron chi connectivity index (χ2n) is 9.56. The van der Waals surface area contributed by atoms with E-state index in [9.17, 15) is 23.8 Å². The Bertz CT molecular complexity index is 1340. The predicted octanol–water partition coefficient (Wildman–Crippen LogP) is 2.32. The van der Waals surface area contributed by atoms with Crippen molar-refractivity contribution in [2.75, 3.05) is 69.5 Å². The standard InChI is InChI=1S/C25H32F2N8O5/c1-39-18-7-2-6-17-19(18)28-21(20(26)27)35(17)24-30-22(32-10-13-40-14-11-32)29-23(31-24)34(9-4-12-36)16-5-3-8-33(15-16)25(37)38/h2,6-7,16,20,36H,3-5,8-15H2,1H3,(H,37,38). The van der Waals surface area contributed by atoms with Gasteiger partial charge in [0.15, 0.2) is 5.82 Å². The van der Waals surface area contributed by atoms with E-state index in [0.29, 0.717) is 69.9 Å². The molecule has 0 radical (unpaired) electrons. The van der Waals surface area contributed by atoms with E-state index in [1.165, 1.54) is 16.6 Å². The zero-order valence-electron chi connectivity index (χ0n) is 22.1. The summed E-state index contributed by atoms with van der Waals surface area (Å²) in [4.78, 5) is 35.0. The molecule has 2 saturated heterocycles. The lowest BCUT2D eigenvalue weighted by atomic mass is 10.0. The maximum Gasteiger partial charge on any atom is 0.407 e. The van der Waals surface area contributed by atoms with E-state index < -0.39 is 18.3 Å².